The number of nitrogens with one attached hydrogen (secondary N) is 1. The Bertz CT molecular complexity index is 609. The molecule has 0 bridgehead atoms. The molecule has 21 heavy (non-hydrogen) atoms. The van der Waals surface area contributed by atoms with Gasteiger partial charge in [-0.1, -0.05) is 6.07 Å². The first-order valence-corrected chi connectivity index (χ1v) is 6.17. The van der Waals surface area contributed by atoms with Gasteiger partial charge in [0.2, 0.25) is 5.91 Å². The summed E-state index contributed by atoms with van der Waals surface area (Å²) in [5.41, 5.74) is -0.352. The lowest BCUT2D eigenvalue weighted by Crippen LogP contribution is -2.30. The number of rotatable bonds is 4. The number of pyridine rings is 1. The van der Waals surface area contributed by atoms with Crippen molar-refractivity contribution in [1.29, 1.82) is 0 Å². The van der Waals surface area contributed by atoms with Gasteiger partial charge in [-0.15, -0.1) is 0 Å². The highest BCUT2D eigenvalue weighted by Gasteiger charge is 2.33. The Hall–Kier alpha value is -2.38. The topological polar surface area (TPSA) is 59.8 Å². The summed E-state index contributed by atoms with van der Waals surface area (Å²) in [7, 11) is 0. The van der Waals surface area contributed by atoms with Gasteiger partial charge in [0.05, 0.1) is 11.7 Å². The van der Waals surface area contributed by atoms with E-state index in [1.165, 1.54) is 0 Å². The van der Waals surface area contributed by atoms with Crippen LogP contribution in [-0.2, 0) is 17.5 Å². The largest absolute Gasteiger partial charge is 0.435 e. The summed E-state index contributed by atoms with van der Waals surface area (Å²) in [5, 5.41) is 5.97. The van der Waals surface area contributed by atoms with Crippen molar-refractivity contribution < 1.29 is 18.0 Å². The van der Waals surface area contributed by atoms with Gasteiger partial charge in [-0.3, -0.25) is 14.5 Å². The van der Waals surface area contributed by atoms with Crippen molar-refractivity contribution in [1.82, 2.24) is 20.1 Å². The van der Waals surface area contributed by atoms with E-state index in [0.29, 0.717) is 5.69 Å². The summed E-state index contributed by atoms with van der Waals surface area (Å²) in [6.07, 6.45) is -1.79. The van der Waals surface area contributed by atoms with Gasteiger partial charge in [0.15, 0.2) is 5.69 Å². The smallest absolute Gasteiger partial charge is 0.346 e. The summed E-state index contributed by atoms with van der Waals surface area (Å²) in [6, 6.07) is 5.78. The molecule has 0 saturated carbocycles. The molecule has 0 radical (unpaired) electrons. The summed E-state index contributed by atoms with van der Waals surface area (Å²) < 4.78 is 38.1. The van der Waals surface area contributed by atoms with Gasteiger partial charge in [-0.05, 0) is 25.1 Å². The zero-order valence-corrected chi connectivity index (χ0v) is 11.1. The molecule has 2 heterocycles. The Kier molecular flexibility index (Phi) is 4.25. The standard InChI is InChI=1S/C13H13F3N4O/c1-9(10-4-2-3-6-17-10)18-12(21)8-20-7-5-11(19-20)13(14,15)16/h2-7,9H,8H2,1H3,(H,18,21). The normalized spacial score (nSPS) is 13.0. The van der Waals surface area contributed by atoms with Gasteiger partial charge < -0.3 is 5.32 Å². The maximum Gasteiger partial charge on any atom is 0.435 e. The van der Waals surface area contributed by atoms with Crippen molar-refractivity contribution in [2.45, 2.75) is 25.7 Å². The quantitative estimate of drug-likeness (QED) is 0.941. The number of amides is 1. The first-order valence-electron chi connectivity index (χ1n) is 6.17. The molecule has 5 nitrogen and oxygen atoms in total. The number of nitrogens with zero attached hydrogens (tertiary/aromatic N) is 3. The molecule has 0 aliphatic rings. The Balaban J connectivity index is 1.94. The fourth-order valence-electron chi connectivity index (χ4n) is 1.74. The molecule has 2 rings (SSSR count). The average molecular weight is 298 g/mol. The SMILES string of the molecule is CC(NC(=O)Cn1ccc(C(F)(F)F)n1)c1ccccn1. The Morgan fingerprint density at radius 2 is 2.14 bits per heavy atom. The second-order valence-corrected chi connectivity index (χ2v) is 4.44. The fourth-order valence-corrected chi connectivity index (χ4v) is 1.74. The van der Waals surface area contributed by atoms with Crippen molar-refractivity contribution in [3.8, 4) is 0 Å². The number of hydrogen-bond acceptors (Lipinski definition) is 3. The highest BCUT2D eigenvalue weighted by atomic mass is 19.4. The van der Waals surface area contributed by atoms with E-state index in [0.717, 1.165) is 16.9 Å². The number of aromatic nitrogens is 3. The molecule has 1 N–H and O–H groups in total. The zero-order chi connectivity index (χ0) is 15.5. The van der Waals surface area contributed by atoms with E-state index in [-0.39, 0.29) is 12.6 Å². The molecule has 0 aromatic carbocycles. The van der Waals surface area contributed by atoms with Crippen LogP contribution in [0.1, 0.15) is 24.4 Å². The minimum Gasteiger partial charge on any atom is -0.346 e. The van der Waals surface area contributed by atoms with Crippen LogP contribution in [0.3, 0.4) is 0 Å². The van der Waals surface area contributed by atoms with E-state index >= 15 is 0 Å². The lowest BCUT2D eigenvalue weighted by atomic mass is 10.2. The van der Waals surface area contributed by atoms with Crippen molar-refractivity contribution >= 4 is 5.91 Å². The van der Waals surface area contributed by atoms with Crippen LogP contribution in [0.15, 0.2) is 36.7 Å². The lowest BCUT2D eigenvalue weighted by Gasteiger charge is -2.13. The van der Waals surface area contributed by atoms with Crippen molar-refractivity contribution in [2.75, 3.05) is 0 Å². The monoisotopic (exact) mass is 298 g/mol. The Morgan fingerprint density at radius 3 is 2.71 bits per heavy atom. The van der Waals surface area contributed by atoms with Crippen LogP contribution in [0.2, 0.25) is 0 Å². The van der Waals surface area contributed by atoms with E-state index in [9.17, 15) is 18.0 Å². The van der Waals surface area contributed by atoms with Crippen LogP contribution in [0.25, 0.3) is 0 Å². The third-order valence-electron chi connectivity index (χ3n) is 2.75. The van der Waals surface area contributed by atoms with Gasteiger partial charge in [0, 0.05) is 12.4 Å². The van der Waals surface area contributed by atoms with Crippen molar-refractivity contribution in [2.24, 2.45) is 0 Å². The zero-order valence-electron chi connectivity index (χ0n) is 11.1. The molecule has 0 aliphatic heterocycles. The summed E-state index contributed by atoms with van der Waals surface area (Å²) in [5.74, 6) is -0.440. The van der Waals surface area contributed by atoms with E-state index in [1.807, 2.05) is 0 Å². The van der Waals surface area contributed by atoms with Crippen LogP contribution >= 0.6 is 0 Å². The molecular formula is C13H13F3N4O. The molecule has 1 unspecified atom stereocenters. The highest BCUT2D eigenvalue weighted by molar-refractivity contribution is 5.76. The fraction of sp³-hybridized carbons (Fsp3) is 0.308. The van der Waals surface area contributed by atoms with Gasteiger partial charge in [-0.2, -0.15) is 18.3 Å². The van der Waals surface area contributed by atoms with Crippen molar-refractivity contribution in [3.05, 3.63) is 48.0 Å². The minimum absolute atomic E-state index is 0.284. The van der Waals surface area contributed by atoms with Crippen molar-refractivity contribution in [3.63, 3.8) is 0 Å². The number of alkyl halides is 3. The van der Waals surface area contributed by atoms with E-state index < -0.39 is 17.8 Å². The van der Waals surface area contributed by atoms with E-state index in [4.69, 9.17) is 0 Å². The highest BCUT2D eigenvalue weighted by Crippen LogP contribution is 2.27. The summed E-state index contributed by atoms with van der Waals surface area (Å²) in [4.78, 5) is 15.9. The third-order valence-corrected chi connectivity index (χ3v) is 2.75. The van der Waals surface area contributed by atoms with Crippen LogP contribution in [0, 0.1) is 0 Å². The molecule has 0 fully saturated rings. The van der Waals surface area contributed by atoms with Crippen LogP contribution in [0.4, 0.5) is 13.2 Å². The second-order valence-electron chi connectivity index (χ2n) is 4.44. The minimum atomic E-state index is -4.51. The molecular weight excluding hydrogens is 285 g/mol. The van der Waals surface area contributed by atoms with Crippen LogP contribution < -0.4 is 5.32 Å². The van der Waals surface area contributed by atoms with Crippen LogP contribution in [0.5, 0.6) is 0 Å². The number of hydrogen-bond donors (Lipinski definition) is 1. The summed E-state index contributed by atoms with van der Waals surface area (Å²) >= 11 is 0. The van der Waals surface area contributed by atoms with Gasteiger partial charge >= 0.3 is 6.18 Å². The average Bonchev–Trinajstić information content (AvgIpc) is 2.88. The first kappa shape index (κ1) is 15.0. The van der Waals surface area contributed by atoms with Gasteiger partial charge in [0.1, 0.15) is 6.54 Å². The molecule has 0 aliphatic carbocycles. The Labute approximate surface area is 118 Å². The molecule has 8 heteroatoms. The first-order chi connectivity index (χ1) is 9.86. The molecule has 1 amide bonds. The van der Waals surface area contributed by atoms with E-state index in [1.54, 1.807) is 31.3 Å². The number of carbonyl (C=O) groups excluding carboxylic acids is 1. The predicted molar refractivity (Wildman–Crippen MR) is 68.0 cm³/mol. The number of carbonyl (C=O) groups is 1. The third kappa shape index (κ3) is 4.04. The Morgan fingerprint density at radius 1 is 1.38 bits per heavy atom. The molecule has 2 aromatic heterocycles. The molecule has 2 aromatic rings. The predicted octanol–water partition coefficient (Wildman–Crippen LogP) is 2.17. The molecule has 0 spiro atoms. The maximum atomic E-state index is 12.4. The molecule has 112 valence electrons. The second kappa shape index (κ2) is 5.94. The van der Waals surface area contributed by atoms with E-state index in [2.05, 4.69) is 15.4 Å². The number of halogens is 3. The lowest BCUT2D eigenvalue weighted by molar-refractivity contribution is -0.141. The summed E-state index contributed by atoms with van der Waals surface area (Å²) in [6.45, 7) is 1.46. The van der Waals surface area contributed by atoms with Gasteiger partial charge in [0.25, 0.3) is 0 Å². The molecule has 1 atom stereocenters. The molecule has 0 saturated heterocycles. The van der Waals surface area contributed by atoms with Crippen LogP contribution in [-0.4, -0.2) is 20.7 Å². The van der Waals surface area contributed by atoms with Gasteiger partial charge in [-0.25, -0.2) is 0 Å². The maximum absolute atomic E-state index is 12.4.